The minimum atomic E-state index is -4.10. The summed E-state index contributed by atoms with van der Waals surface area (Å²) in [6, 6.07) is 6.22. The normalized spacial score (nSPS) is 29.6. The molecular formula is C17H22O9S. The Hall–Kier alpha value is -1.56. The average molecular weight is 402 g/mol. The largest absolute Gasteiger partial charge is 0.480 e. The smallest absolute Gasteiger partial charge is 0.329 e. The summed E-state index contributed by atoms with van der Waals surface area (Å²) in [6.07, 6.45) is -3.54. The highest BCUT2D eigenvalue weighted by Crippen LogP contribution is 2.39. The predicted octanol–water partition coefficient (Wildman–Crippen LogP) is 1.05. The van der Waals surface area contributed by atoms with E-state index in [1.807, 2.05) is 6.92 Å². The van der Waals surface area contributed by atoms with Gasteiger partial charge in [-0.1, -0.05) is 17.7 Å². The van der Waals surface area contributed by atoms with E-state index in [0.717, 1.165) is 5.56 Å². The van der Waals surface area contributed by atoms with Crippen LogP contribution < -0.4 is 0 Å². The number of aliphatic carboxylic acids is 1. The van der Waals surface area contributed by atoms with E-state index in [1.54, 1.807) is 26.0 Å². The van der Waals surface area contributed by atoms with Crippen molar-refractivity contribution in [1.82, 2.24) is 0 Å². The summed E-state index contributed by atoms with van der Waals surface area (Å²) in [6.45, 7) is 4.47. The summed E-state index contributed by atoms with van der Waals surface area (Å²) in [5, 5.41) is 8.70. The first kappa shape index (κ1) is 20.2. The summed E-state index contributed by atoms with van der Waals surface area (Å²) in [5.74, 6) is -2.11. The van der Waals surface area contributed by atoms with Crippen molar-refractivity contribution >= 4 is 16.1 Å². The summed E-state index contributed by atoms with van der Waals surface area (Å²) >= 11 is 0. The van der Waals surface area contributed by atoms with Crippen LogP contribution in [0.4, 0.5) is 0 Å². The molecule has 1 N–H and O–H groups in total. The summed E-state index contributed by atoms with van der Waals surface area (Å²) in [5.41, 5.74) is 0.910. The molecule has 0 radical (unpaired) electrons. The number of carboxylic acid groups (broad SMARTS) is 1. The maximum Gasteiger partial charge on any atom is 0.329 e. The van der Waals surface area contributed by atoms with Crippen LogP contribution in [0.15, 0.2) is 29.2 Å². The fraction of sp³-hybridized carbons (Fsp3) is 0.588. The monoisotopic (exact) mass is 402 g/mol. The van der Waals surface area contributed by atoms with E-state index in [0.29, 0.717) is 0 Å². The van der Waals surface area contributed by atoms with Crippen molar-refractivity contribution in [3.63, 3.8) is 0 Å². The number of rotatable bonds is 7. The molecule has 9 nitrogen and oxygen atoms in total. The van der Waals surface area contributed by atoms with Crippen LogP contribution in [0.5, 0.6) is 0 Å². The lowest BCUT2D eigenvalue weighted by Crippen LogP contribution is -2.40. The molecule has 2 aliphatic heterocycles. The van der Waals surface area contributed by atoms with E-state index in [2.05, 4.69) is 0 Å². The molecule has 4 atom stereocenters. The molecule has 0 unspecified atom stereocenters. The van der Waals surface area contributed by atoms with Crippen molar-refractivity contribution in [3.05, 3.63) is 29.8 Å². The molecule has 0 saturated carbocycles. The Morgan fingerprint density at radius 3 is 2.52 bits per heavy atom. The van der Waals surface area contributed by atoms with Gasteiger partial charge in [0.15, 0.2) is 12.1 Å². The topological polar surface area (TPSA) is 118 Å². The molecular weight excluding hydrogens is 380 g/mol. The van der Waals surface area contributed by atoms with Crippen LogP contribution in [-0.2, 0) is 38.0 Å². The highest BCUT2D eigenvalue weighted by atomic mass is 32.2. The number of ether oxygens (including phenoxy) is 4. The second kappa shape index (κ2) is 7.46. The van der Waals surface area contributed by atoms with Gasteiger partial charge >= 0.3 is 5.97 Å². The van der Waals surface area contributed by atoms with Gasteiger partial charge in [-0.15, -0.1) is 0 Å². The van der Waals surface area contributed by atoms with E-state index in [-0.39, 0.29) is 11.5 Å². The maximum atomic E-state index is 12.7. The molecule has 3 rings (SSSR count). The molecule has 2 saturated heterocycles. The number of carbonyl (C=O) groups is 1. The number of hydrogen-bond donors (Lipinski definition) is 1. The number of fused-ring (bicyclic) bond motifs is 1. The van der Waals surface area contributed by atoms with Gasteiger partial charge in [0.1, 0.15) is 24.9 Å². The average Bonchev–Trinajstić information content (AvgIpc) is 3.00. The zero-order chi connectivity index (χ0) is 19.8. The molecule has 150 valence electrons. The molecule has 0 amide bonds. The van der Waals surface area contributed by atoms with Crippen molar-refractivity contribution in [1.29, 1.82) is 0 Å². The van der Waals surface area contributed by atoms with Crippen LogP contribution in [0.3, 0.4) is 0 Å². The molecule has 27 heavy (non-hydrogen) atoms. The highest BCUT2D eigenvalue weighted by molar-refractivity contribution is 7.86. The van der Waals surface area contributed by atoms with E-state index in [9.17, 15) is 13.2 Å². The Morgan fingerprint density at radius 2 is 1.89 bits per heavy atom. The minimum absolute atomic E-state index is 0.0000650. The van der Waals surface area contributed by atoms with Gasteiger partial charge in [-0.3, -0.25) is 4.18 Å². The van der Waals surface area contributed by atoms with Gasteiger partial charge in [0.25, 0.3) is 10.1 Å². The van der Waals surface area contributed by atoms with Gasteiger partial charge < -0.3 is 24.1 Å². The molecule has 0 aromatic heterocycles. The van der Waals surface area contributed by atoms with Crippen LogP contribution in [0.25, 0.3) is 0 Å². The molecule has 1 aromatic carbocycles. The first-order valence-electron chi connectivity index (χ1n) is 8.38. The lowest BCUT2D eigenvalue weighted by molar-refractivity contribution is -0.218. The van der Waals surface area contributed by atoms with E-state index >= 15 is 0 Å². The third-order valence-electron chi connectivity index (χ3n) is 4.14. The summed E-state index contributed by atoms with van der Waals surface area (Å²) < 4.78 is 52.8. The first-order valence-corrected chi connectivity index (χ1v) is 9.79. The van der Waals surface area contributed by atoms with Crippen LogP contribution in [0.1, 0.15) is 19.4 Å². The van der Waals surface area contributed by atoms with Crippen LogP contribution in [0.2, 0.25) is 0 Å². The quantitative estimate of drug-likeness (QED) is 0.668. The standard InChI is InChI=1S/C17H22O9S/c1-10-4-6-11(7-5-10)27(20,21)26-14-12(8-22-9-13(18)19)23-16-15(14)24-17(2,3)25-16/h4-7,12,14-16H,8-9H2,1-3H3,(H,18,19)/t12-,14+,15+,16-/m0/s1. The van der Waals surface area contributed by atoms with Crippen molar-refractivity contribution in [2.24, 2.45) is 0 Å². The Bertz CT molecular complexity index is 787. The zero-order valence-electron chi connectivity index (χ0n) is 15.2. The molecule has 0 aliphatic carbocycles. The number of hydrogen-bond acceptors (Lipinski definition) is 8. The van der Waals surface area contributed by atoms with Gasteiger partial charge in [0.05, 0.1) is 11.5 Å². The zero-order valence-corrected chi connectivity index (χ0v) is 16.0. The van der Waals surface area contributed by atoms with E-state index in [1.165, 1.54) is 12.1 Å². The summed E-state index contributed by atoms with van der Waals surface area (Å²) in [4.78, 5) is 10.6. The fourth-order valence-corrected chi connectivity index (χ4v) is 4.07. The van der Waals surface area contributed by atoms with Gasteiger partial charge in [-0.25, -0.2) is 4.79 Å². The van der Waals surface area contributed by atoms with Crippen molar-refractivity contribution < 1.29 is 41.4 Å². The lowest BCUT2D eigenvalue weighted by Gasteiger charge is -2.25. The Morgan fingerprint density at radius 1 is 1.22 bits per heavy atom. The van der Waals surface area contributed by atoms with Crippen molar-refractivity contribution in [2.75, 3.05) is 13.2 Å². The molecule has 0 bridgehead atoms. The molecule has 2 heterocycles. The minimum Gasteiger partial charge on any atom is -0.480 e. The lowest BCUT2D eigenvalue weighted by atomic mass is 10.1. The van der Waals surface area contributed by atoms with Crippen molar-refractivity contribution in [2.45, 2.75) is 56.1 Å². The Labute approximate surface area is 157 Å². The fourth-order valence-electron chi connectivity index (χ4n) is 2.97. The molecule has 10 heteroatoms. The second-order valence-electron chi connectivity index (χ2n) is 6.88. The van der Waals surface area contributed by atoms with Crippen molar-refractivity contribution in [3.8, 4) is 0 Å². The maximum absolute atomic E-state index is 12.7. The Balaban J connectivity index is 1.78. The van der Waals surface area contributed by atoms with Gasteiger partial charge in [-0.05, 0) is 32.9 Å². The van der Waals surface area contributed by atoms with Crippen LogP contribution in [-0.4, -0.2) is 63.1 Å². The number of aryl methyl sites for hydroxylation is 1. The highest BCUT2D eigenvalue weighted by Gasteiger charge is 2.56. The predicted molar refractivity (Wildman–Crippen MR) is 90.4 cm³/mol. The summed E-state index contributed by atoms with van der Waals surface area (Å²) in [7, 11) is -4.10. The number of carboxylic acids is 1. The molecule has 0 spiro atoms. The van der Waals surface area contributed by atoms with Crippen LogP contribution >= 0.6 is 0 Å². The van der Waals surface area contributed by atoms with Gasteiger partial charge in [0.2, 0.25) is 0 Å². The third-order valence-corrected chi connectivity index (χ3v) is 5.47. The second-order valence-corrected chi connectivity index (χ2v) is 8.45. The molecule has 2 aliphatic rings. The first-order chi connectivity index (χ1) is 12.6. The number of benzene rings is 1. The molecule has 1 aromatic rings. The SMILES string of the molecule is Cc1ccc(S(=O)(=O)O[C@H]2[C@H]3OC(C)(C)O[C@@H]3O[C@H]2COCC(=O)O)cc1. The van der Waals surface area contributed by atoms with E-state index in [4.69, 9.17) is 28.2 Å². The van der Waals surface area contributed by atoms with Crippen LogP contribution in [0, 0.1) is 6.92 Å². The van der Waals surface area contributed by atoms with E-state index < -0.39 is 53.1 Å². The van der Waals surface area contributed by atoms with Gasteiger partial charge in [0, 0.05) is 0 Å². The third kappa shape index (κ3) is 4.65. The van der Waals surface area contributed by atoms with Gasteiger partial charge in [-0.2, -0.15) is 8.42 Å². The Kier molecular flexibility index (Phi) is 5.57. The molecule has 2 fully saturated rings.